The molecule has 0 heterocycles. The van der Waals surface area contributed by atoms with Gasteiger partial charge in [-0.3, -0.25) is 4.79 Å². The molecule has 0 bridgehead atoms. The Labute approximate surface area is 125 Å². The predicted molar refractivity (Wildman–Crippen MR) is 75.3 cm³/mol. The van der Waals surface area contributed by atoms with Crippen molar-refractivity contribution in [1.82, 2.24) is 4.72 Å². The van der Waals surface area contributed by atoms with Crippen LogP contribution in [-0.4, -0.2) is 25.5 Å². The van der Waals surface area contributed by atoms with E-state index in [1.807, 2.05) is 4.72 Å². The van der Waals surface area contributed by atoms with Crippen molar-refractivity contribution in [2.75, 3.05) is 0 Å². The standard InChI is InChI=1S/C12H15BrFNO4S/c1-7(2)5-10(12(16)17)15-20(18,19)11-4-3-8(13)6-9(11)14/h3-4,6-7,10,15H,5H2,1-2H3,(H,16,17)/t10-/m0/s1. The molecular weight excluding hydrogens is 353 g/mol. The van der Waals surface area contributed by atoms with Crippen LogP contribution in [0.4, 0.5) is 4.39 Å². The summed E-state index contributed by atoms with van der Waals surface area (Å²) in [6.45, 7) is 3.54. The van der Waals surface area contributed by atoms with Gasteiger partial charge in [-0.15, -0.1) is 0 Å². The smallest absolute Gasteiger partial charge is 0.321 e. The first-order chi connectivity index (χ1) is 9.13. The van der Waals surface area contributed by atoms with Crippen LogP contribution in [0.15, 0.2) is 27.6 Å². The van der Waals surface area contributed by atoms with Crippen molar-refractivity contribution in [3.63, 3.8) is 0 Å². The van der Waals surface area contributed by atoms with Gasteiger partial charge in [0.15, 0.2) is 0 Å². The molecule has 20 heavy (non-hydrogen) atoms. The molecule has 112 valence electrons. The number of nitrogens with one attached hydrogen (secondary N) is 1. The molecule has 0 amide bonds. The van der Waals surface area contributed by atoms with Crippen molar-refractivity contribution in [1.29, 1.82) is 0 Å². The van der Waals surface area contributed by atoms with Gasteiger partial charge in [-0.25, -0.2) is 12.8 Å². The Bertz CT molecular complexity index is 603. The van der Waals surface area contributed by atoms with Crippen molar-refractivity contribution < 1.29 is 22.7 Å². The second-order valence-electron chi connectivity index (χ2n) is 4.72. The van der Waals surface area contributed by atoms with E-state index in [-0.39, 0.29) is 12.3 Å². The lowest BCUT2D eigenvalue weighted by atomic mass is 10.1. The molecule has 0 aromatic heterocycles. The minimum Gasteiger partial charge on any atom is -0.480 e. The number of carbonyl (C=O) groups is 1. The Hall–Kier alpha value is -0.990. The van der Waals surface area contributed by atoms with E-state index >= 15 is 0 Å². The van der Waals surface area contributed by atoms with Gasteiger partial charge >= 0.3 is 5.97 Å². The van der Waals surface area contributed by atoms with Crippen molar-refractivity contribution in [3.8, 4) is 0 Å². The number of carboxylic acid groups (broad SMARTS) is 1. The first kappa shape index (κ1) is 17.1. The van der Waals surface area contributed by atoms with E-state index < -0.39 is 32.7 Å². The Morgan fingerprint density at radius 2 is 2.05 bits per heavy atom. The first-order valence-electron chi connectivity index (χ1n) is 5.83. The number of aliphatic carboxylic acids is 1. The van der Waals surface area contributed by atoms with Gasteiger partial charge in [0.25, 0.3) is 0 Å². The molecule has 1 aromatic carbocycles. The second-order valence-corrected chi connectivity index (χ2v) is 7.31. The molecule has 5 nitrogen and oxygen atoms in total. The molecule has 2 N–H and O–H groups in total. The highest BCUT2D eigenvalue weighted by atomic mass is 79.9. The van der Waals surface area contributed by atoms with Crippen LogP contribution in [0.1, 0.15) is 20.3 Å². The number of hydrogen-bond donors (Lipinski definition) is 2. The molecule has 1 atom stereocenters. The molecule has 8 heteroatoms. The van der Waals surface area contributed by atoms with Crippen LogP contribution in [0, 0.1) is 11.7 Å². The minimum absolute atomic E-state index is 0.0198. The van der Waals surface area contributed by atoms with Crippen LogP contribution >= 0.6 is 15.9 Å². The molecule has 1 aromatic rings. The molecule has 0 spiro atoms. The van der Waals surface area contributed by atoms with Crippen LogP contribution in [0.2, 0.25) is 0 Å². The van der Waals surface area contributed by atoms with Gasteiger partial charge in [-0.05, 0) is 30.5 Å². The van der Waals surface area contributed by atoms with Crippen LogP contribution in [0.25, 0.3) is 0 Å². The number of rotatable bonds is 6. The van der Waals surface area contributed by atoms with E-state index in [1.165, 1.54) is 6.07 Å². The SMILES string of the molecule is CC(C)C[C@H](NS(=O)(=O)c1ccc(Br)cc1F)C(=O)O. The largest absolute Gasteiger partial charge is 0.480 e. The van der Waals surface area contributed by atoms with Gasteiger partial charge in [-0.2, -0.15) is 4.72 Å². The van der Waals surface area contributed by atoms with Crippen LogP contribution in [0.3, 0.4) is 0 Å². The molecule has 0 aliphatic heterocycles. The summed E-state index contributed by atoms with van der Waals surface area (Å²) in [6.07, 6.45) is 0.118. The summed E-state index contributed by atoms with van der Waals surface area (Å²) in [6, 6.07) is 2.17. The van der Waals surface area contributed by atoms with E-state index in [9.17, 15) is 17.6 Å². The quantitative estimate of drug-likeness (QED) is 0.808. The zero-order chi connectivity index (χ0) is 15.5. The fourth-order valence-electron chi connectivity index (χ4n) is 1.61. The highest BCUT2D eigenvalue weighted by Crippen LogP contribution is 2.20. The molecule has 0 aliphatic carbocycles. The molecule has 1 rings (SSSR count). The molecule has 0 saturated heterocycles. The molecule has 0 fully saturated rings. The Morgan fingerprint density at radius 3 is 2.50 bits per heavy atom. The molecular formula is C12H15BrFNO4S. The molecule has 0 saturated carbocycles. The number of benzene rings is 1. The van der Waals surface area contributed by atoms with Crippen LogP contribution in [-0.2, 0) is 14.8 Å². The molecule has 0 radical (unpaired) electrons. The van der Waals surface area contributed by atoms with E-state index in [0.717, 1.165) is 12.1 Å². The third kappa shape index (κ3) is 4.53. The van der Waals surface area contributed by atoms with Gasteiger partial charge in [0, 0.05) is 4.47 Å². The third-order valence-corrected chi connectivity index (χ3v) is 4.48. The first-order valence-corrected chi connectivity index (χ1v) is 8.11. The molecule has 0 unspecified atom stereocenters. The van der Waals surface area contributed by atoms with E-state index in [4.69, 9.17) is 5.11 Å². The van der Waals surface area contributed by atoms with Gasteiger partial charge in [-0.1, -0.05) is 29.8 Å². The van der Waals surface area contributed by atoms with Gasteiger partial charge in [0.05, 0.1) is 0 Å². The summed E-state index contributed by atoms with van der Waals surface area (Å²) in [4.78, 5) is 10.5. The maximum absolute atomic E-state index is 13.7. The number of sulfonamides is 1. The van der Waals surface area contributed by atoms with E-state index in [1.54, 1.807) is 13.8 Å². The molecule has 0 aliphatic rings. The number of carboxylic acids is 1. The number of halogens is 2. The highest BCUT2D eigenvalue weighted by Gasteiger charge is 2.27. The highest BCUT2D eigenvalue weighted by molar-refractivity contribution is 9.10. The lowest BCUT2D eigenvalue weighted by Crippen LogP contribution is -2.41. The lowest BCUT2D eigenvalue weighted by molar-refractivity contribution is -0.139. The average molecular weight is 368 g/mol. The predicted octanol–water partition coefficient (Wildman–Crippen LogP) is 2.37. The van der Waals surface area contributed by atoms with Crippen molar-refractivity contribution in [2.24, 2.45) is 5.92 Å². The Balaban J connectivity index is 3.06. The van der Waals surface area contributed by atoms with Crippen molar-refractivity contribution in [3.05, 3.63) is 28.5 Å². The fraction of sp³-hybridized carbons (Fsp3) is 0.417. The third-order valence-electron chi connectivity index (χ3n) is 2.49. The normalized spacial score (nSPS) is 13.4. The Morgan fingerprint density at radius 1 is 1.45 bits per heavy atom. The van der Waals surface area contributed by atoms with Crippen molar-refractivity contribution in [2.45, 2.75) is 31.2 Å². The summed E-state index contributed by atoms with van der Waals surface area (Å²) >= 11 is 3.02. The van der Waals surface area contributed by atoms with E-state index in [0.29, 0.717) is 4.47 Å². The van der Waals surface area contributed by atoms with E-state index in [2.05, 4.69) is 15.9 Å². The maximum atomic E-state index is 13.7. The lowest BCUT2D eigenvalue weighted by Gasteiger charge is -2.16. The van der Waals surface area contributed by atoms with Crippen molar-refractivity contribution >= 4 is 31.9 Å². The second kappa shape index (κ2) is 6.64. The maximum Gasteiger partial charge on any atom is 0.321 e. The summed E-state index contributed by atoms with van der Waals surface area (Å²) in [5.74, 6) is -2.26. The van der Waals surface area contributed by atoms with Crippen LogP contribution < -0.4 is 4.72 Å². The zero-order valence-electron chi connectivity index (χ0n) is 10.9. The number of hydrogen-bond acceptors (Lipinski definition) is 3. The monoisotopic (exact) mass is 367 g/mol. The topological polar surface area (TPSA) is 83.5 Å². The average Bonchev–Trinajstić information content (AvgIpc) is 2.26. The van der Waals surface area contributed by atoms with Gasteiger partial charge < -0.3 is 5.11 Å². The Kier molecular flexibility index (Phi) is 5.67. The van der Waals surface area contributed by atoms with Gasteiger partial charge in [0.2, 0.25) is 10.0 Å². The summed E-state index contributed by atoms with van der Waals surface area (Å²) in [5.41, 5.74) is 0. The minimum atomic E-state index is -4.22. The zero-order valence-corrected chi connectivity index (χ0v) is 13.3. The summed E-state index contributed by atoms with van der Waals surface area (Å²) in [5, 5.41) is 9.02. The summed E-state index contributed by atoms with van der Waals surface area (Å²) in [7, 11) is -4.22. The van der Waals surface area contributed by atoms with Gasteiger partial charge in [0.1, 0.15) is 16.8 Å². The van der Waals surface area contributed by atoms with Crippen LogP contribution in [0.5, 0.6) is 0 Å². The fourth-order valence-corrected chi connectivity index (χ4v) is 3.21. The summed E-state index contributed by atoms with van der Waals surface area (Å²) < 4.78 is 40.1.